The maximum atomic E-state index is 14.3. The van der Waals surface area contributed by atoms with Crippen LogP contribution in [-0.2, 0) is 0 Å². The monoisotopic (exact) mass is 392 g/mol. The molecule has 1 unspecified atom stereocenters. The van der Waals surface area contributed by atoms with Crippen LogP contribution in [0.25, 0.3) is 11.3 Å². The first kappa shape index (κ1) is 18.4. The minimum atomic E-state index is -0.584. The van der Waals surface area contributed by atoms with Crippen molar-refractivity contribution in [2.24, 2.45) is 0 Å². The molecule has 0 aliphatic heterocycles. The molecule has 2 aromatic carbocycles. The van der Waals surface area contributed by atoms with Crippen LogP contribution in [0, 0.1) is 12.7 Å². The molecule has 0 saturated heterocycles. The van der Waals surface area contributed by atoms with Gasteiger partial charge in [-0.25, -0.2) is 4.39 Å². The van der Waals surface area contributed by atoms with E-state index in [-0.39, 0.29) is 33.6 Å². The Bertz CT molecular complexity index is 952. The normalized spacial score (nSPS) is 12.0. The zero-order valence-electron chi connectivity index (χ0n) is 14.0. The van der Waals surface area contributed by atoms with Gasteiger partial charge in [-0.2, -0.15) is 0 Å². The van der Waals surface area contributed by atoms with Crippen LogP contribution >= 0.6 is 23.2 Å². The van der Waals surface area contributed by atoms with Gasteiger partial charge in [0.2, 0.25) is 0 Å². The van der Waals surface area contributed by atoms with Crippen LogP contribution in [0.2, 0.25) is 10.0 Å². The van der Waals surface area contributed by atoms with Crippen molar-refractivity contribution in [1.29, 1.82) is 0 Å². The molecule has 7 heteroatoms. The third-order valence-corrected chi connectivity index (χ3v) is 4.67. The number of amides is 1. The Hall–Kier alpha value is -2.37. The Morgan fingerprint density at radius 2 is 1.85 bits per heavy atom. The summed E-state index contributed by atoms with van der Waals surface area (Å²) >= 11 is 12.3. The second kappa shape index (κ2) is 7.48. The van der Waals surface area contributed by atoms with Crippen LogP contribution in [-0.4, -0.2) is 11.1 Å². The summed E-state index contributed by atoms with van der Waals surface area (Å²) in [6.45, 7) is 3.39. The van der Waals surface area contributed by atoms with Gasteiger partial charge in [-0.1, -0.05) is 52.6 Å². The van der Waals surface area contributed by atoms with Crippen molar-refractivity contribution in [2.45, 2.75) is 19.9 Å². The number of aryl methyl sites for hydroxylation is 1. The standard InChI is InChI=1S/C19H15Cl2FN2O2/c1-10(12-6-3-4-7-13(12)20)23-19(25)16-11(2)26-24-18(16)17-14(21)8-5-9-15(17)22/h3-10H,1-2H3,(H,23,25). The minimum absolute atomic E-state index is 0.0292. The van der Waals surface area contributed by atoms with Crippen molar-refractivity contribution in [3.05, 3.63) is 75.2 Å². The summed E-state index contributed by atoms with van der Waals surface area (Å²) in [6.07, 6.45) is 0. The van der Waals surface area contributed by atoms with Gasteiger partial charge in [0.1, 0.15) is 22.8 Å². The van der Waals surface area contributed by atoms with Crippen molar-refractivity contribution < 1.29 is 13.7 Å². The SMILES string of the molecule is Cc1onc(-c2c(F)cccc2Cl)c1C(=O)NC(C)c1ccccc1Cl. The number of aromatic nitrogens is 1. The molecule has 0 saturated carbocycles. The third-order valence-electron chi connectivity index (χ3n) is 4.01. The smallest absolute Gasteiger partial charge is 0.257 e. The molecule has 0 bridgehead atoms. The van der Waals surface area contributed by atoms with E-state index in [0.29, 0.717) is 5.02 Å². The van der Waals surface area contributed by atoms with E-state index >= 15 is 0 Å². The summed E-state index contributed by atoms with van der Waals surface area (Å²) in [6, 6.07) is 11.1. The Morgan fingerprint density at radius 3 is 2.54 bits per heavy atom. The van der Waals surface area contributed by atoms with E-state index < -0.39 is 11.7 Å². The molecule has 1 amide bonds. The molecule has 3 rings (SSSR count). The lowest BCUT2D eigenvalue weighted by atomic mass is 10.0. The molecular weight excluding hydrogens is 378 g/mol. The maximum absolute atomic E-state index is 14.3. The average Bonchev–Trinajstić information content (AvgIpc) is 2.96. The molecule has 26 heavy (non-hydrogen) atoms. The van der Waals surface area contributed by atoms with Gasteiger partial charge >= 0.3 is 0 Å². The Kier molecular flexibility index (Phi) is 5.30. The van der Waals surface area contributed by atoms with Crippen LogP contribution in [0.3, 0.4) is 0 Å². The average molecular weight is 393 g/mol. The van der Waals surface area contributed by atoms with Crippen LogP contribution in [0.15, 0.2) is 47.0 Å². The molecule has 0 aliphatic carbocycles. The fraction of sp³-hybridized carbons (Fsp3) is 0.158. The molecule has 0 radical (unpaired) electrons. The molecule has 134 valence electrons. The Morgan fingerprint density at radius 1 is 1.15 bits per heavy atom. The number of hydrogen-bond acceptors (Lipinski definition) is 3. The molecular formula is C19H15Cl2FN2O2. The van der Waals surface area contributed by atoms with Gasteiger partial charge in [0.15, 0.2) is 0 Å². The first-order valence-corrected chi connectivity index (χ1v) is 8.61. The molecule has 0 aliphatic rings. The lowest BCUT2D eigenvalue weighted by molar-refractivity contribution is 0.0939. The number of benzene rings is 2. The first-order valence-electron chi connectivity index (χ1n) is 7.86. The van der Waals surface area contributed by atoms with Gasteiger partial charge in [0, 0.05) is 5.02 Å². The lowest BCUT2D eigenvalue weighted by Gasteiger charge is -2.16. The predicted octanol–water partition coefficient (Wildman–Crippen LogP) is 5.59. The highest BCUT2D eigenvalue weighted by molar-refractivity contribution is 6.33. The van der Waals surface area contributed by atoms with E-state index in [4.69, 9.17) is 27.7 Å². The van der Waals surface area contributed by atoms with E-state index in [0.717, 1.165) is 5.56 Å². The van der Waals surface area contributed by atoms with Crippen LogP contribution in [0.5, 0.6) is 0 Å². The van der Waals surface area contributed by atoms with Gasteiger partial charge in [-0.05, 0) is 37.6 Å². The van der Waals surface area contributed by atoms with Crippen molar-refractivity contribution >= 4 is 29.1 Å². The molecule has 1 heterocycles. The summed E-state index contributed by atoms with van der Waals surface area (Å²) in [7, 11) is 0. The zero-order valence-corrected chi connectivity index (χ0v) is 15.5. The number of halogens is 3. The van der Waals surface area contributed by atoms with Crippen molar-refractivity contribution in [3.8, 4) is 11.3 Å². The summed E-state index contributed by atoms with van der Waals surface area (Å²) in [5.74, 6) is -0.771. The van der Waals surface area contributed by atoms with Gasteiger partial charge in [-0.3, -0.25) is 4.79 Å². The number of carbonyl (C=O) groups is 1. The molecule has 1 aromatic heterocycles. The fourth-order valence-corrected chi connectivity index (χ4v) is 3.26. The Balaban J connectivity index is 1.97. The van der Waals surface area contributed by atoms with Crippen LogP contribution < -0.4 is 5.32 Å². The van der Waals surface area contributed by atoms with Crippen LogP contribution in [0.1, 0.15) is 34.6 Å². The van der Waals surface area contributed by atoms with Gasteiger partial charge < -0.3 is 9.84 Å². The third kappa shape index (κ3) is 3.45. The zero-order chi connectivity index (χ0) is 18.8. The van der Waals surface area contributed by atoms with Gasteiger partial charge in [0.05, 0.1) is 16.6 Å². The van der Waals surface area contributed by atoms with Gasteiger partial charge in [0.25, 0.3) is 5.91 Å². The highest BCUT2D eigenvalue weighted by atomic mass is 35.5. The molecule has 0 fully saturated rings. The molecule has 1 atom stereocenters. The quantitative estimate of drug-likeness (QED) is 0.629. The van der Waals surface area contributed by atoms with E-state index in [2.05, 4.69) is 10.5 Å². The topological polar surface area (TPSA) is 55.1 Å². The van der Waals surface area contributed by atoms with E-state index in [9.17, 15) is 9.18 Å². The molecule has 1 N–H and O–H groups in total. The van der Waals surface area contributed by atoms with Gasteiger partial charge in [-0.15, -0.1) is 0 Å². The van der Waals surface area contributed by atoms with Crippen molar-refractivity contribution in [1.82, 2.24) is 10.5 Å². The second-order valence-corrected chi connectivity index (χ2v) is 6.59. The summed E-state index contributed by atoms with van der Waals surface area (Å²) in [4.78, 5) is 12.8. The second-order valence-electron chi connectivity index (χ2n) is 5.78. The largest absolute Gasteiger partial charge is 0.360 e. The van der Waals surface area contributed by atoms with E-state index in [1.165, 1.54) is 18.2 Å². The van der Waals surface area contributed by atoms with Crippen molar-refractivity contribution in [3.63, 3.8) is 0 Å². The number of hydrogen-bond donors (Lipinski definition) is 1. The maximum Gasteiger partial charge on any atom is 0.257 e. The highest BCUT2D eigenvalue weighted by Gasteiger charge is 2.26. The summed E-state index contributed by atoms with van der Waals surface area (Å²) in [5, 5.41) is 7.37. The summed E-state index contributed by atoms with van der Waals surface area (Å²) < 4.78 is 19.4. The number of rotatable bonds is 4. The Labute approximate surface area is 159 Å². The minimum Gasteiger partial charge on any atom is -0.360 e. The van der Waals surface area contributed by atoms with E-state index in [1.807, 2.05) is 18.2 Å². The first-order chi connectivity index (χ1) is 12.4. The van der Waals surface area contributed by atoms with Crippen LogP contribution in [0.4, 0.5) is 4.39 Å². The lowest BCUT2D eigenvalue weighted by Crippen LogP contribution is -2.27. The predicted molar refractivity (Wildman–Crippen MR) is 99.0 cm³/mol. The number of carbonyl (C=O) groups excluding carboxylic acids is 1. The van der Waals surface area contributed by atoms with E-state index in [1.54, 1.807) is 19.9 Å². The number of nitrogens with one attached hydrogen (secondary N) is 1. The molecule has 0 spiro atoms. The fourth-order valence-electron chi connectivity index (χ4n) is 2.71. The summed E-state index contributed by atoms with van der Waals surface area (Å²) in [5.41, 5.74) is 0.994. The molecule has 4 nitrogen and oxygen atoms in total. The molecule has 3 aromatic rings. The van der Waals surface area contributed by atoms with Crippen molar-refractivity contribution in [2.75, 3.05) is 0 Å². The highest BCUT2D eigenvalue weighted by Crippen LogP contribution is 2.33. The number of nitrogens with zero attached hydrogens (tertiary/aromatic N) is 1.